The third-order valence-electron chi connectivity index (χ3n) is 2.67. The molecule has 1 heterocycles. The molecule has 92 valence electrons. The van der Waals surface area contributed by atoms with Gasteiger partial charge < -0.3 is 16.0 Å². The lowest BCUT2D eigenvalue weighted by atomic mass is 9.92. The number of fused-ring (bicyclic) bond motifs is 1. The summed E-state index contributed by atoms with van der Waals surface area (Å²) in [6.07, 6.45) is 1.10. The Morgan fingerprint density at radius 3 is 2.82 bits per heavy atom. The minimum Gasteiger partial charge on any atom is -0.399 e. The average molecular weight is 232 g/mol. The number of anilines is 2. The molecule has 0 bridgehead atoms. The summed E-state index contributed by atoms with van der Waals surface area (Å²) in [6.45, 7) is 7.61. The monoisotopic (exact) mass is 232 g/mol. The van der Waals surface area contributed by atoms with Crippen molar-refractivity contribution in [1.82, 2.24) is 9.97 Å². The zero-order valence-electron chi connectivity index (χ0n) is 10.7. The van der Waals surface area contributed by atoms with E-state index in [1.54, 1.807) is 0 Å². The second kappa shape index (κ2) is 4.28. The maximum absolute atomic E-state index is 5.72. The van der Waals surface area contributed by atoms with Gasteiger partial charge in [0.05, 0.1) is 11.0 Å². The number of rotatable bonds is 3. The molecule has 4 heteroatoms. The van der Waals surface area contributed by atoms with E-state index in [1.165, 1.54) is 0 Å². The van der Waals surface area contributed by atoms with Gasteiger partial charge in [-0.1, -0.05) is 20.8 Å². The molecular formula is C13H20N4. The second-order valence-electron chi connectivity index (χ2n) is 5.60. The van der Waals surface area contributed by atoms with Gasteiger partial charge in [0, 0.05) is 12.2 Å². The molecule has 0 saturated carbocycles. The molecule has 0 unspecified atom stereocenters. The van der Waals surface area contributed by atoms with Gasteiger partial charge in [0.1, 0.15) is 0 Å². The zero-order chi connectivity index (χ0) is 12.5. The van der Waals surface area contributed by atoms with E-state index in [0.29, 0.717) is 5.41 Å². The summed E-state index contributed by atoms with van der Waals surface area (Å²) in [7, 11) is 0. The fourth-order valence-electron chi connectivity index (χ4n) is 1.67. The standard InChI is InChI=1S/C13H20N4/c1-13(2,3)6-7-15-12-16-10-5-4-9(14)8-11(10)17-12/h4-5,8H,6-7,14H2,1-3H3,(H2,15,16,17). The fourth-order valence-corrected chi connectivity index (χ4v) is 1.67. The van der Waals surface area contributed by atoms with Crippen LogP contribution < -0.4 is 11.1 Å². The first-order valence-corrected chi connectivity index (χ1v) is 5.93. The van der Waals surface area contributed by atoms with Crippen LogP contribution in [0.15, 0.2) is 18.2 Å². The summed E-state index contributed by atoms with van der Waals surface area (Å²) >= 11 is 0. The molecule has 2 rings (SSSR count). The Morgan fingerprint density at radius 2 is 2.12 bits per heavy atom. The number of H-pyrrole nitrogens is 1. The van der Waals surface area contributed by atoms with Crippen molar-refractivity contribution in [3.63, 3.8) is 0 Å². The van der Waals surface area contributed by atoms with Crippen molar-refractivity contribution in [2.24, 2.45) is 5.41 Å². The third-order valence-corrected chi connectivity index (χ3v) is 2.67. The Kier molecular flexibility index (Phi) is 2.96. The van der Waals surface area contributed by atoms with Gasteiger partial charge in [-0.2, -0.15) is 0 Å². The Bertz CT molecular complexity index is 508. The van der Waals surface area contributed by atoms with Gasteiger partial charge in [-0.05, 0) is 30.0 Å². The first kappa shape index (κ1) is 11.8. The molecule has 0 fully saturated rings. The van der Waals surface area contributed by atoms with E-state index < -0.39 is 0 Å². The fraction of sp³-hybridized carbons (Fsp3) is 0.462. The average Bonchev–Trinajstić information content (AvgIpc) is 2.57. The highest BCUT2D eigenvalue weighted by atomic mass is 15.1. The number of nitrogens with zero attached hydrogens (tertiary/aromatic N) is 1. The third kappa shape index (κ3) is 3.12. The lowest BCUT2D eigenvalue weighted by molar-refractivity contribution is 0.389. The van der Waals surface area contributed by atoms with Gasteiger partial charge in [-0.15, -0.1) is 0 Å². The molecule has 2 aromatic rings. The van der Waals surface area contributed by atoms with Crippen molar-refractivity contribution in [3.05, 3.63) is 18.2 Å². The summed E-state index contributed by atoms with van der Waals surface area (Å²) in [6, 6.07) is 5.69. The van der Waals surface area contributed by atoms with Crippen molar-refractivity contribution in [2.75, 3.05) is 17.6 Å². The Balaban J connectivity index is 2.05. The van der Waals surface area contributed by atoms with E-state index in [1.807, 2.05) is 18.2 Å². The van der Waals surface area contributed by atoms with E-state index in [9.17, 15) is 0 Å². The van der Waals surface area contributed by atoms with E-state index in [4.69, 9.17) is 5.73 Å². The Hall–Kier alpha value is -1.71. The summed E-state index contributed by atoms with van der Waals surface area (Å²) < 4.78 is 0. The van der Waals surface area contributed by atoms with Gasteiger partial charge in [-0.3, -0.25) is 0 Å². The van der Waals surface area contributed by atoms with Crippen LogP contribution in [0.25, 0.3) is 11.0 Å². The minimum atomic E-state index is 0.337. The maximum Gasteiger partial charge on any atom is 0.201 e. The minimum absolute atomic E-state index is 0.337. The number of nitrogen functional groups attached to an aromatic ring is 1. The van der Waals surface area contributed by atoms with E-state index in [-0.39, 0.29) is 0 Å². The van der Waals surface area contributed by atoms with E-state index in [0.717, 1.165) is 35.6 Å². The highest BCUT2D eigenvalue weighted by Crippen LogP contribution is 2.20. The molecule has 0 saturated heterocycles. The van der Waals surface area contributed by atoms with Crippen LogP contribution in [0.1, 0.15) is 27.2 Å². The number of hydrogen-bond acceptors (Lipinski definition) is 3. The predicted octanol–water partition coefficient (Wildman–Crippen LogP) is 2.99. The number of aromatic amines is 1. The van der Waals surface area contributed by atoms with Gasteiger partial charge in [0.25, 0.3) is 0 Å². The lowest BCUT2D eigenvalue weighted by Crippen LogP contribution is -2.13. The molecule has 0 spiro atoms. The SMILES string of the molecule is CC(C)(C)CCNc1nc2ccc(N)cc2[nH]1. The van der Waals surface area contributed by atoms with Crippen LogP contribution in [-0.2, 0) is 0 Å². The maximum atomic E-state index is 5.72. The van der Waals surface area contributed by atoms with Gasteiger partial charge >= 0.3 is 0 Å². The van der Waals surface area contributed by atoms with E-state index >= 15 is 0 Å². The highest BCUT2D eigenvalue weighted by Gasteiger charge is 2.09. The van der Waals surface area contributed by atoms with Crippen molar-refractivity contribution in [2.45, 2.75) is 27.2 Å². The summed E-state index contributed by atoms with van der Waals surface area (Å²) in [5, 5.41) is 3.30. The lowest BCUT2D eigenvalue weighted by Gasteiger charge is -2.17. The van der Waals surface area contributed by atoms with Crippen LogP contribution in [0.2, 0.25) is 0 Å². The van der Waals surface area contributed by atoms with Crippen LogP contribution >= 0.6 is 0 Å². The second-order valence-corrected chi connectivity index (χ2v) is 5.60. The first-order chi connectivity index (χ1) is 7.94. The van der Waals surface area contributed by atoms with Crippen LogP contribution in [0.4, 0.5) is 11.6 Å². The van der Waals surface area contributed by atoms with Crippen molar-refractivity contribution in [3.8, 4) is 0 Å². The highest BCUT2D eigenvalue weighted by molar-refractivity contribution is 5.80. The number of imidazole rings is 1. The molecule has 1 aromatic heterocycles. The first-order valence-electron chi connectivity index (χ1n) is 5.93. The number of hydrogen-bond donors (Lipinski definition) is 3. The number of nitrogens with two attached hydrogens (primary N) is 1. The molecule has 0 atom stereocenters. The number of aromatic nitrogens is 2. The molecule has 4 nitrogen and oxygen atoms in total. The number of nitrogens with one attached hydrogen (secondary N) is 2. The molecule has 1 aromatic carbocycles. The Morgan fingerprint density at radius 1 is 1.35 bits per heavy atom. The predicted molar refractivity (Wildman–Crippen MR) is 73.1 cm³/mol. The molecule has 0 aliphatic carbocycles. The zero-order valence-corrected chi connectivity index (χ0v) is 10.7. The molecular weight excluding hydrogens is 212 g/mol. The Labute approximate surface area is 102 Å². The quantitative estimate of drug-likeness (QED) is 0.713. The molecule has 4 N–H and O–H groups in total. The molecule has 17 heavy (non-hydrogen) atoms. The van der Waals surface area contributed by atoms with Crippen LogP contribution in [0.3, 0.4) is 0 Å². The van der Waals surface area contributed by atoms with Gasteiger partial charge in [0.2, 0.25) is 5.95 Å². The van der Waals surface area contributed by atoms with Crippen LogP contribution in [0, 0.1) is 5.41 Å². The van der Waals surface area contributed by atoms with Crippen molar-refractivity contribution >= 4 is 22.7 Å². The van der Waals surface area contributed by atoms with Crippen molar-refractivity contribution < 1.29 is 0 Å². The van der Waals surface area contributed by atoms with Crippen LogP contribution in [-0.4, -0.2) is 16.5 Å². The van der Waals surface area contributed by atoms with Crippen molar-refractivity contribution in [1.29, 1.82) is 0 Å². The van der Waals surface area contributed by atoms with E-state index in [2.05, 4.69) is 36.1 Å². The summed E-state index contributed by atoms with van der Waals surface area (Å²) in [5.41, 5.74) is 8.73. The summed E-state index contributed by atoms with van der Waals surface area (Å²) in [5.74, 6) is 0.815. The van der Waals surface area contributed by atoms with Crippen LogP contribution in [0.5, 0.6) is 0 Å². The molecule has 0 amide bonds. The molecule has 0 radical (unpaired) electrons. The van der Waals surface area contributed by atoms with Gasteiger partial charge in [-0.25, -0.2) is 4.98 Å². The molecule has 0 aliphatic rings. The topological polar surface area (TPSA) is 66.7 Å². The molecule has 0 aliphatic heterocycles. The van der Waals surface area contributed by atoms with Gasteiger partial charge in [0.15, 0.2) is 0 Å². The normalized spacial score (nSPS) is 11.9. The largest absolute Gasteiger partial charge is 0.399 e. The smallest absolute Gasteiger partial charge is 0.201 e. The summed E-state index contributed by atoms with van der Waals surface area (Å²) in [4.78, 5) is 7.67. The number of benzene rings is 1.